The Kier molecular flexibility index (Phi) is 3.36. The van der Waals surface area contributed by atoms with Gasteiger partial charge in [0.15, 0.2) is 0 Å². The highest BCUT2D eigenvalue weighted by Crippen LogP contribution is 2.27. The van der Waals surface area contributed by atoms with Crippen LogP contribution in [0.5, 0.6) is 0 Å². The third kappa shape index (κ3) is 2.03. The molecule has 0 unspecified atom stereocenters. The average molecular weight is 212 g/mol. The number of halogens is 2. The summed E-state index contributed by atoms with van der Waals surface area (Å²) >= 11 is 11.8. The van der Waals surface area contributed by atoms with Gasteiger partial charge in [-0.3, -0.25) is 0 Å². The van der Waals surface area contributed by atoms with Gasteiger partial charge in [-0.25, -0.2) is 0 Å². The monoisotopic (exact) mass is 211 g/mol. The van der Waals surface area contributed by atoms with E-state index >= 15 is 0 Å². The zero-order chi connectivity index (χ0) is 9.84. The maximum absolute atomic E-state index is 7.08. The van der Waals surface area contributed by atoms with Gasteiger partial charge in [0.05, 0.1) is 5.02 Å². The highest BCUT2D eigenvalue weighted by molar-refractivity contribution is 6.37. The Labute approximate surface area is 87.2 Å². The molecule has 13 heavy (non-hydrogen) atoms. The fourth-order valence-corrected chi connectivity index (χ4v) is 1.55. The molecule has 0 aliphatic rings. The van der Waals surface area contributed by atoms with Crippen molar-refractivity contribution in [1.29, 1.82) is 5.41 Å². The summed E-state index contributed by atoms with van der Waals surface area (Å²) in [6.07, 6.45) is 6.73. The molecule has 0 aliphatic heterocycles. The summed E-state index contributed by atoms with van der Waals surface area (Å²) in [5.74, 6) is 2.47. The minimum atomic E-state index is 0.388. The summed E-state index contributed by atoms with van der Waals surface area (Å²) in [7, 11) is 0. The summed E-state index contributed by atoms with van der Waals surface area (Å²) in [6.45, 7) is 0. The van der Waals surface area contributed by atoms with E-state index in [4.69, 9.17) is 35.0 Å². The second kappa shape index (κ2) is 4.32. The van der Waals surface area contributed by atoms with E-state index in [1.807, 2.05) is 0 Å². The summed E-state index contributed by atoms with van der Waals surface area (Å²) in [4.78, 5) is 0. The highest BCUT2D eigenvalue weighted by Gasteiger charge is 2.07. The Hall–Kier alpha value is -0.970. The van der Waals surface area contributed by atoms with Crippen LogP contribution in [0.3, 0.4) is 0 Å². The van der Waals surface area contributed by atoms with E-state index < -0.39 is 0 Å². The van der Waals surface area contributed by atoms with Crippen molar-refractivity contribution in [3.05, 3.63) is 33.3 Å². The molecule has 1 rings (SSSR count). The minimum absolute atomic E-state index is 0.388. The van der Waals surface area contributed by atoms with Gasteiger partial charge in [-0.05, 0) is 6.07 Å². The second-order valence-corrected chi connectivity index (χ2v) is 3.24. The third-order valence-corrected chi connectivity index (χ3v) is 2.45. The average Bonchev–Trinajstić information content (AvgIpc) is 2.12. The standard InChI is InChI=1S/C10H7Cl2N/c1-2-3-8-9(11)5-4-7(6-13)10(8)12/h1,4-6,13H,3H2. The van der Waals surface area contributed by atoms with Gasteiger partial charge in [0.2, 0.25) is 0 Å². The van der Waals surface area contributed by atoms with Crippen LogP contribution in [0.25, 0.3) is 0 Å². The van der Waals surface area contributed by atoms with Crippen LogP contribution in [0.2, 0.25) is 10.0 Å². The smallest absolute Gasteiger partial charge is 0.0550 e. The molecule has 0 amide bonds. The molecule has 0 radical (unpaired) electrons. The van der Waals surface area contributed by atoms with Gasteiger partial charge in [-0.2, -0.15) is 0 Å². The first kappa shape index (κ1) is 10.1. The van der Waals surface area contributed by atoms with E-state index in [0.717, 1.165) is 0 Å². The molecule has 1 N–H and O–H groups in total. The van der Waals surface area contributed by atoms with Crippen LogP contribution in [-0.2, 0) is 6.42 Å². The van der Waals surface area contributed by atoms with Crippen molar-refractivity contribution in [3.63, 3.8) is 0 Å². The lowest BCUT2D eigenvalue weighted by atomic mass is 10.1. The first-order chi connectivity index (χ1) is 6.20. The summed E-state index contributed by atoms with van der Waals surface area (Å²) in [5, 5.41) is 8.10. The maximum atomic E-state index is 7.08. The topological polar surface area (TPSA) is 23.9 Å². The van der Waals surface area contributed by atoms with Crippen molar-refractivity contribution >= 4 is 29.4 Å². The van der Waals surface area contributed by atoms with E-state index in [1.165, 1.54) is 6.21 Å². The van der Waals surface area contributed by atoms with Crippen molar-refractivity contribution in [2.75, 3.05) is 0 Å². The minimum Gasteiger partial charge on any atom is -0.308 e. The molecule has 1 aromatic rings. The molecule has 0 aromatic heterocycles. The first-order valence-electron chi connectivity index (χ1n) is 3.61. The third-order valence-electron chi connectivity index (χ3n) is 1.65. The van der Waals surface area contributed by atoms with Crippen molar-refractivity contribution < 1.29 is 0 Å². The van der Waals surface area contributed by atoms with Crippen LogP contribution in [0.4, 0.5) is 0 Å². The summed E-state index contributed by atoms with van der Waals surface area (Å²) < 4.78 is 0. The largest absolute Gasteiger partial charge is 0.308 e. The Morgan fingerprint density at radius 2 is 2.15 bits per heavy atom. The number of hydrogen-bond acceptors (Lipinski definition) is 1. The molecule has 0 bridgehead atoms. The first-order valence-corrected chi connectivity index (χ1v) is 4.37. The van der Waals surface area contributed by atoms with E-state index in [9.17, 15) is 0 Å². The Morgan fingerprint density at radius 3 is 2.69 bits per heavy atom. The van der Waals surface area contributed by atoms with Crippen LogP contribution >= 0.6 is 23.2 Å². The number of hydrogen-bond donors (Lipinski definition) is 1. The number of benzene rings is 1. The zero-order valence-electron chi connectivity index (χ0n) is 6.77. The van der Waals surface area contributed by atoms with E-state index in [2.05, 4.69) is 5.92 Å². The molecular weight excluding hydrogens is 205 g/mol. The SMILES string of the molecule is C#CCc1c(Cl)ccc(C=N)c1Cl. The van der Waals surface area contributed by atoms with Gasteiger partial charge in [-0.1, -0.05) is 29.3 Å². The number of rotatable bonds is 2. The maximum Gasteiger partial charge on any atom is 0.0550 e. The van der Waals surface area contributed by atoms with Gasteiger partial charge in [0.25, 0.3) is 0 Å². The van der Waals surface area contributed by atoms with Crippen LogP contribution in [0.15, 0.2) is 12.1 Å². The Morgan fingerprint density at radius 1 is 1.46 bits per heavy atom. The molecule has 0 saturated carbocycles. The highest BCUT2D eigenvalue weighted by atomic mass is 35.5. The van der Waals surface area contributed by atoms with Crippen LogP contribution < -0.4 is 0 Å². The van der Waals surface area contributed by atoms with Crippen LogP contribution in [0, 0.1) is 17.8 Å². The molecule has 0 atom stereocenters. The van der Waals surface area contributed by atoms with E-state index in [1.54, 1.807) is 12.1 Å². The second-order valence-electron chi connectivity index (χ2n) is 2.45. The van der Waals surface area contributed by atoms with Crippen molar-refractivity contribution in [2.24, 2.45) is 0 Å². The predicted octanol–water partition coefficient (Wildman–Crippen LogP) is 3.17. The molecule has 0 fully saturated rings. The Balaban J connectivity index is 3.31. The van der Waals surface area contributed by atoms with Gasteiger partial charge >= 0.3 is 0 Å². The van der Waals surface area contributed by atoms with E-state index in [-0.39, 0.29) is 0 Å². The predicted molar refractivity (Wildman–Crippen MR) is 56.9 cm³/mol. The van der Waals surface area contributed by atoms with Gasteiger partial charge in [-0.15, -0.1) is 12.3 Å². The molecule has 1 nitrogen and oxygen atoms in total. The lowest BCUT2D eigenvalue weighted by molar-refractivity contribution is 1.31. The molecule has 0 saturated heterocycles. The number of nitrogens with one attached hydrogen (secondary N) is 1. The van der Waals surface area contributed by atoms with Crippen LogP contribution in [-0.4, -0.2) is 6.21 Å². The van der Waals surface area contributed by atoms with Gasteiger partial charge < -0.3 is 5.41 Å². The molecule has 0 spiro atoms. The quantitative estimate of drug-likeness (QED) is 0.575. The van der Waals surface area contributed by atoms with Gasteiger partial charge in [0.1, 0.15) is 0 Å². The molecule has 66 valence electrons. The molecular formula is C10H7Cl2N. The fraction of sp³-hybridized carbons (Fsp3) is 0.100. The van der Waals surface area contributed by atoms with Gasteiger partial charge in [0, 0.05) is 28.8 Å². The van der Waals surface area contributed by atoms with Crippen LogP contribution in [0.1, 0.15) is 11.1 Å². The lowest BCUT2D eigenvalue weighted by Crippen LogP contribution is -1.91. The molecule has 3 heteroatoms. The summed E-state index contributed by atoms with van der Waals surface area (Å²) in [6, 6.07) is 3.39. The zero-order valence-corrected chi connectivity index (χ0v) is 8.28. The number of terminal acetylenes is 1. The normalized spacial score (nSPS) is 9.31. The molecule has 0 heterocycles. The van der Waals surface area contributed by atoms with E-state index in [0.29, 0.717) is 27.6 Å². The fourth-order valence-electron chi connectivity index (χ4n) is 0.991. The molecule has 0 aliphatic carbocycles. The lowest BCUT2D eigenvalue weighted by Gasteiger charge is -2.05. The van der Waals surface area contributed by atoms with Crippen molar-refractivity contribution in [2.45, 2.75) is 6.42 Å². The summed E-state index contributed by atoms with van der Waals surface area (Å²) in [5.41, 5.74) is 1.35. The molecule has 1 aromatic carbocycles. The van der Waals surface area contributed by atoms with Crippen molar-refractivity contribution in [3.8, 4) is 12.3 Å². The van der Waals surface area contributed by atoms with Crippen molar-refractivity contribution in [1.82, 2.24) is 0 Å². The Bertz CT molecular complexity index is 377.